The van der Waals surface area contributed by atoms with E-state index in [2.05, 4.69) is 61.6 Å². The van der Waals surface area contributed by atoms with Gasteiger partial charge in [0, 0.05) is 19.6 Å². The van der Waals surface area contributed by atoms with Crippen molar-refractivity contribution in [1.29, 1.82) is 0 Å². The van der Waals surface area contributed by atoms with E-state index in [9.17, 15) is 0 Å². The van der Waals surface area contributed by atoms with Gasteiger partial charge in [0.05, 0.1) is 0 Å². The van der Waals surface area contributed by atoms with Crippen molar-refractivity contribution in [3.8, 4) is 0 Å². The fourth-order valence-electron chi connectivity index (χ4n) is 1.47. The lowest BCUT2D eigenvalue weighted by molar-refractivity contribution is 0.403. The van der Waals surface area contributed by atoms with E-state index in [1.807, 2.05) is 6.07 Å². The highest BCUT2D eigenvalue weighted by Gasteiger charge is 1.92. The quantitative estimate of drug-likeness (QED) is 0.737. The van der Waals surface area contributed by atoms with Crippen LogP contribution in [-0.4, -0.2) is 38.6 Å². The van der Waals surface area contributed by atoms with Crippen molar-refractivity contribution in [3.05, 3.63) is 41.5 Å². The van der Waals surface area contributed by atoms with Crippen LogP contribution in [0.3, 0.4) is 0 Å². The number of nitrogens with one attached hydrogen (secondary N) is 1. The van der Waals surface area contributed by atoms with E-state index in [1.165, 1.54) is 11.1 Å². The Balaban J connectivity index is 2.30. The first-order valence-corrected chi connectivity index (χ1v) is 5.76. The van der Waals surface area contributed by atoms with Gasteiger partial charge in [-0.2, -0.15) is 0 Å². The molecule has 0 aliphatic rings. The first-order chi connectivity index (χ1) is 7.68. The van der Waals surface area contributed by atoms with Crippen LogP contribution in [0.4, 0.5) is 0 Å². The summed E-state index contributed by atoms with van der Waals surface area (Å²) in [6, 6.07) is 10.4. The Morgan fingerprint density at radius 3 is 2.56 bits per heavy atom. The number of hydrogen-bond acceptors (Lipinski definition) is 2. The summed E-state index contributed by atoms with van der Waals surface area (Å²) in [5.74, 6) is 0. The van der Waals surface area contributed by atoms with Crippen LogP contribution in [0, 0.1) is 0 Å². The number of rotatable bonds is 6. The lowest BCUT2D eigenvalue weighted by atomic mass is 10.1. The van der Waals surface area contributed by atoms with Crippen molar-refractivity contribution in [1.82, 2.24) is 10.2 Å². The highest BCUT2D eigenvalue weighted by Crippen LogP contribution is 2.04. The van der Waals surface area contributed by atoms with Crippen LogP contribution in [0.25, 0.3) is 6.08 Å². The summed E-state index contributed by atoms with van der Waals surface area (Å²) in [7, 11) is 4.18. The Morgan fingerprint density at radius 2 is 1.94 bits per heavy atom. The van der Waals surface area contributed by atoms with E-state index >= 15 is 0 Å². The van der Waals surface area contributed by atoms with Crippen LogP contribution in [0.2, 0.25) is 0 Å². The summed E-state index contributed by atoms with van der Waals surface area (Å²) < 4.78 is 0. The van der Waals surface area contributed by atoms with Crippen LogP contribution in [0.1, 0.15) is 12.5 Å². The second-order valence-electron chi connectivity index (χ2n) is 4.38. The minimum atomic E-state index is 0.961. The average Bonchev–Trinajstić information content (AvgIpc) is 2.25. The Bertz CT molecular complexity index is 315. The van der Waals surface area contributed by atoms with Crippen molar-refractivity contribution in [3.63, 3.8) is 0 Å². The van der Waals surface area contributed by atoms with Gasteiger partial charge in [0.2, 0.25) is 0 Å². The van der Waals surface area contributed by atoms with E-state index in [1.54, 1.807) is 0 Å². The third kappa shape index (κ3) is 5.69. The maximum Gasteiger partial charge on any atom is 0.0165 e. The molecule has 0 unspecified atom stereocenters. The van der Waals surface area contributed by atoms with Gasteiger partial charge in [-0.25, -0.2) is 0 Å². The molecule has 0 saturated carbocycles. The molecule has 2 nitrogen and oxygen atoms in total. The molecule has 0 heterocycles. The van der Waals surface area contributed by atoms with E-state index in [0.29, 0.717) is 0 Å². The highest BCUT2D eigenvalue weighted by atomic mass is 15.1. The molecule has 0 spiro atoms. The molecular formula is C14H22N2. The third-order valence-corrected chi connectivity index (χ3v) is 2.35. The van der Waals surface area contributed by atoms with Crippen LogP contribution in [-0.2, 0) is 0 Å². The molecule has 0 saturated heterocycles. The van der Waals surface area contributed by atoms with Crippen LogP contribution >= 0.6 is 0 Å². The first-order valence-electron chi connectivity index (χ1n) is 5.76. The number of likely N-dealkylation sites (N-methyl/N-ethyl adjacent to an activating group) is 1. The van der Waals surface area contributed by atoms with Crippen LogP contribution in [0.15, 0.2) is 35.9 Å². The summed E-state index contributed by atoms with van der Waals surface area (Å²) in [5.41, 5.74) is 2.64. The third-order valence-electron chi connectivity index (χ3n) is 2.35. The number of benzene rings is 1. The fourth-order valence-corrected chi connectivity index (χ4v) is 1.47. The molecule has 0 radical (unpaired) electrons. The Morgan fingerprint density at radius 1 is 1.25 bits per heavy atom. The SMILES string of the molecule is CC(=Cc1ccccc1)CNCCN(C)C. The largest absolute Gasteiger partial charge is 0.312 e. The second kappa shape index (κ2) is 7.20. The number of hydrogen-bond donors (Lipinski definition) is 1. The smallest absolute Gasteiger partial charge is 0.0165 e. The lowest BCUT2D eigenvalue weighted by Gasteiger charge is -2.10. The zero-order chi connectivity index (χ0) is 11.8. The normalized spacial score (nSPS) is 12.1. The molecule has 1 rings (SSSR count). The summed E-state index contributed by atoms with van der Waals surface area (Å²) in [6.07, 6.45) is 2.22. The van der Waals surface area contributed by atoms with Gasteiger partial charge in [-0.1, -0.05) is 42.0 Å². The molecule has 0 aliphatic heterocycles. The van der Waals surface area contributed by atoms with Gasteiger partial charge in [-0.3, -0.25) is 0 Å². The predicted octanol–water partition coefficient (Wildman–Crippen LogP) is 2.24. The Kier molecular flexibility index (Phi) is 5.83. The van der Waals surface area contributed by atoms with Gasteiger partial charge in [-0.05, 0) is 26.6 Å². The van der Waals surface area contributed by atoms with Crippen LogP contribution in [0.5, 0.6) is 0 Å². The highest BCUT2D eigenvalue weighted by molar-refractivity contribution is 5.52. The standard InChI is InChI=1S/C14H22N2/c1-13(12-15-9-10-16(2)3)11-14-7-5-4-6-8-14/h4-8,11,15H,9-10,12H2,1-3H3. The zero-order valence-corrected chi connectivity index (χ0v) is 10.5. The fraction of sp³-hybridized carbons (Fsp3) is 0.429. The van der Waals surface area contributed by atoms with Crippen molar-refractivity contribution in [2.45, 2.75) is 6.92 Å². The predicted molar refractivity (Wildman–Crippen MR) is 71.5 cm³/mol. The van der Waals surface area contributed by atoms with Crippen molar-refractivity contribution in [2.75, 3.05) is 33.7 Å². The number of nitrogens with zero attached hydrogens (tertiary/aromatic N) is 1. The maximum absolute atomic E-state index is 3.43. The molecule has 1 aromatic carbocycles. The monoisotopic (exact) mass is 218 g/mol. The van der Waals surface area contributed by atoms with Crippen molar-refractivity contribution < 1.29 is 0 Å². The van der Waals surface area contributed by atoms with E-state index < -0.39 is 0 Å². The van der Waals surface area contributed by atoms with Gasteiger partial charge in [0.1, 0.15) is 0 Å². The van der Waals surface area contributed by atoms with E-state index in [0.717, 1.165) is 19.6 Å². The van der Waals surface area contributed by atoms with Crippen molar-refractivity contribution in [2.24, 2.45) is 0 Å². The molecule has 88 valence electrons. The Labute approximate surface area is 99.0 Å². The molecule has 0 amide bonds. The molecule has 0 aliphatic carbocycles. The van der Waals surface area contributed by atoms with E-state index in [4.69, 9.17) is 0 Å². The maximum atomic E-state index is 3.43. The summed E-state index contributed by atoms with van der Waals surface area (Å²) >= 11 is 0. The molecule has 0 bridgehead atoms. The van der Waals surface area contributed by atoms with Gasteiger partial charge in [0.25, 0.3) is 0 Å². The van der Waals surface area contributed by atoms with Crippen LogP contribution < -0.4 is 5.32 Å². The van der Waals surface area contributed by atoms with Gasteiger partial charge in [-0.15, -0.1) is 0 Å². The molecule has 0 atom stereocenters. The van der Waals surface area contributed by atoms with Crippen molar-refractivity contribution >= 4 is 6.08 Å². The summed E-state index contributed by atoms with van der Waals surface area (Å²) in [6.45, 7) is 5.24. The average molecular weight is 218 g/mol. The molecule has 16 heavy (non-hydrogen) atoms. The molecule has 0 aromatic heterocycles. The molecule has 0 fully saturated rings. The van der Waals surface area contributed by atoms with Gasteiger partial charge in [0.15, 0.2) is 0 Å². The lowest BCUT2D eigenvalue weighted by Crippen LogP contribution is -2.27. The molecule has 1 N–H and O–H groups in total. The summed E-state index contributed by atoms with van der Waals surface area (Å²) in [5, 5.41) is 3.43. The molecular weight excluding hydrogens is 196 g/mol. The molecule has 2 heteroatoms. The van der Waals surface area contributed by atoms with E-state index in [-0.39, 0.29) is 0 Å². The minimum absolute atomic E-state index is 0.961. The summed E-state index contributed by atoms with van der Waals surface area (Å²) in [4.78, 5) is 2.18. The molecule has 1 aromatic rings. The second-order valence-corrected chi connectivity index (χ2v) is 4.38. The minimum Gasteiger partial charge on any atom is -0.312 e. The Hall–Kier alpha value is -1.12. The van der Waals surface area contributed by atoms with Gasteiger partial charge < -0.3 is 10.2 Å². The first kappa shape index (κ1) is 12.9. The zero-order valence-electron chi connectivity index (χ0n) is 10.5. The van der Waals surface area contributed by atoms with Gasteiger partial charge >= 0.3 is 0 Å². The topological polar surface area (TPSA) is 15.3 Å².